The highest BCUT2D eigenvalue weighted by molar-refractivity contribution is 7.89. The number of hydrogen-bond acceptors (Lipinski definition) is 5. The molecule has 2 amide bonds. The molecule has 0 unspecified atom stereocenters. The summed E-state index contributed by atoms with van der Waals surface area (Å²) in [5.41, 5.74) is 0.757. The van der Waals surface area contributed by atoms with Gasteiger partial charge in [0.05, 0.1) is 23.6 Å². The molecule has 0 radical (unpaired) electrons. The fourth-order valence-electron chi connectivity index (χ4n) is 2.23. The fourth-order valence-corrected chi connectivity index (χ4v) is 2.96. The van der Waals surface area contributed by atoms with Crippen LogP contribution in [0.4, 0.5) is 5.69 Å². The second-order valence-corrected chi connectivity index (χ2v) is 7.28. The molecule has 2 aromatic carbocycles. The third-order valence-electron chi connectivity index (χ3n) is 3.56. The summed E-state index contributed by atoms with van der Waals surface area (Å²) in [6.07, 6.45) is 0. The summed E-state index contributed by atoms with van der Waals surface area (Å²) in [7, 11) is -2.22. The number of carbonyl (C=O) groups is 2. The molecule has 0 aliphatic heterocycles. The zero-order valence-corrected chi connectivity index (χ0v) is 15.8. The maximum Gasteiger partial charge on any atom is 0.255 e. The van der Waals surface area contributed by atoms with E-state index in [9.17, 15) is 18.0 Å². The number of nitrogens with one attached hydrogen (secondary N) is 3. The Morgan fingerprint density at radius 1 is 1.04 bits per heavy atom. The van der Waals surface area contributed by atoms with Gasteiger partial charge in [-0.15, -0.1) is 0 Å². The maximum atomic E-state index is 12.2. The van der Waals surface area contributed by atoms with Crippen molar-refractivity contribution in [3.63, 3.8) is 0 Å². The van der Waals surface area contributed by atoms with Crippen molar-refractivity contribution < 1.29 is 22.7 Å². The van der Waals surface area contributed by atoms with Gasteiger partial charge < -0.3 is 15.4 Å². The van der Waals surface area contributed by atoms with Crippen molar-refractivity contribution in [2.24, 2.45) is 0 Å². The number of carbonyl (C=O) groups excluding carboxylic acids is 2. The van der Waals surface area contributed by atoms with Crippen LogP contribution in [-0.4, -0.2) is 40.4 Å². The molecule has 2 rings (SSSR count). The topological polar surface area (TPSA) is 114 Å². The van der Waals surface area contributed by atoms with Gasteiger partial charge in [0.1, 0.15) is 5.75 Å². The standard InChI is InChI=1S/C18H21N3O5S/c1-3-26-16-7-5-4-6-15(16)18(23)20-12-17(22)21-13-8-10-14(11-9-13)27(24,25)19-2/h4-11,19H,3,12H2,1-2H3,(H,20,23)(H,21,22). The molecule has 0 heterocycles. The number of sulfonamides is 1. The zero-order valence-electron chi connectivity index (χ0n) is 15.0. The van der Waals surface area contributed by atoms with E-state index < -0.39 is 21.8 Å². The Balaban J connectivity index is 1.94. The lowest BCUT2D eigenvalue weighted by atomic mass is 10.2. The lowest BCUT2D eigenvalue weighted by Gasteiger charge is -2.11. The van der Waals surface area contributed by atoms with Gasteiger partial charge in [-0.25, -0.2) is 13.1 Å². The van der Waals surface area contributed by atoms with Gasteiger partial charge in [0.15, 0.2) is 0 Å². The van der Waals surface area contributed by atoms with Crippen LogP contribution in [0.3, 0.4) is 0 Å². The number of ether oxygens (including phenoxy) is 1. The molecule has 8 nitrogen and oxygen atoms in total. The van der Waals surface area contributed by atoms with E-state index in [0.717, 1.165) is 0 Å². The van der Waals surface area contributed by atoms with Crippen LogP contribution in [0.1, 0.15) is 17.3 Å². The number of rotatable bonds is 8. The van der Waals surface area contributed by atoms with Gasteiger partial charge in [0.2, 0.25) is 15.9 Å². The van der Waals surface area contributed by atoms with Crippen molar-refractivity contribution in [3.05, 3.63) is 54.1 Å². The van der Waals surface area contributed by atoms with Crippen LogP contribution >= 0.6 is 0 Å². The summed E-state index contributed by atoms with van der Waals surface area (Å²) in [6.45, 7) is 2.00. The Kier molecular flexibility index (Phi) is 6.91. The molecular weight excluding hydrogens is 370 g/mol. The zero-order chi connectivity index (χ0) is 19.9. The molecule has 3 N–H and O–H groups in total. The summed E-state index contributed by atoms with van der Waals surface area (Å²) < 4.78 is 30.9. The molecule has 0 aliphatic carbocycles. The molecular formula is C18H21N3O5S. The average Bonchev–Trinajstić information content (AvgIpc) is 2.67. The molecule has 0 aromatic heterocycles. The molecule has 0 atom stereocenters. The van der Waals surface area contributed by atoms with Crippen molar-refractivity contribution in [3.8, 4) is 5.75 Å². The summed E-state index contributed by atoms with van der Waals surface area (Å²) >= 11 is 0. The Hall–Kier alpha value is -2.91. The van der Waals surface area contributed by atoms with Crippen LogP contribution in [0, 0.1) is 0 Å². The Bertz CT molecular complexity index is 911. The van der Waals surface area contributed by atoms with Gasteiger partial charge in [-0.3, -0.25) is 9.59 Å². The van der Waals surface area contributed by atoms with Crippen molar-refractivity contribution in [2.75, 3.05) is 25.5 Å². The Morgan fingerprint density at radius 2 is 1.70 bits per heavy atom. The minimum absolute atomic E-state index is 0.0869. The largest absolute Gasteiger partial charge is 0.493 e. The van der Waals surface area contributed by atoms with E-state index in [2.05, 4.69) is 15.4 Å². The normalized spacial score (nSPS) is 10.9. The molecule has 0 fully saturated rings. The Labute approximate surface area is 158 Å². The number of hydrogen-bond donors (Lipinski definition) is 3. The minimum atomic E-state index is -3.54. The summed E-state index contributed by atoms with van der Waals surface area (Å²) in [5.74, 6) is -0.426. The van der Waals surface area contributed by atoms with Crippen molar-refractivity contribution >= 4 is 27.5 Å². The third kappa shape index (κ3) is 5.53. The second-order valence-electron chi connectivity index (χ2n) is 5.39. The monoisotopic (exact) mass is 391 g/mol. The van der Waals surface area contributed by atoms with Gasteiger partial charge >= 0.3 is 0 Å². The SMILES string of the molecule is CCOc1ccccc1C(=O)NCC(=O)Nc1ccc(S(=O)(=O)NC)cc1. The van der Waals surface area contributed by atoms with Crippen LogP contribution in [0.25, 0.3) is 0 Å². The first-order valence-corrected chi connectivity index (χ1v) is 9.69. The van der Waals surface area contributed by atoms with Crippen molar-refractivity contribution in [1.82, 2.24) is 10.0 Å². The fraction of sp³-hybridized carbons (Fsp3) is 0.222. The predicted octanol–water partition coefficient (Wildman–Crippen LogP) is 1.36. The molecule has 27 heavy (non-hydrogen) atoms. The minimum Gasteiger partial charge on any atom is -0.493 e. The average molecular weight is 391 g/mol. The lowest BCUT2D eigenvalue weighted by molar-refractivity contribution is -0.115. The van der Waals surface area contributed by atoms with Crippen LogP contribution in [0.2, 0.25) is 0 Å². The van der Waals surface area contributed by atoms with Gasteiger partial charge in [-0.2, -0.15) is 0 Å². The molecule has 0 bridgehead atoms. The van der Waals surface area contributed by atoms with Crippen LogP contribution in [0.15, 0.2) is 53.4 Å². The number of amides is 2. The first-order valence-electron chi connectivity index (χ1n) is 8.21. The highest BCUT2D eigenvalue weighted by Gasteiger charge is 2.14. The van der Waals surface area contributed by atoms with Crippen molar-refractivity contribution in [2.45, 2.75) is 11.8 Å². The van der Waals surface area contributed by atoms with E-state index in [0.29, 0.717) is 23.6 Å². The first-order chi connectivity index (χ1) is 12.9. The van der Waals surface area contributed by atoms with E-state index in [4.69, 9.17) is 4.74 Å². The van der Waals surface area contributed by atoms with E-state index >= 15 is 0 Å². The first kappa shape index (κ1) is 20.4. The van der Waals surface area contributed by atoms with Gasteiger partial charge in [0.25, 0.3) is 5.91 Å². The molecule has 0 saturated heterocycles. The predicted molar refractivity (Wildman–Crippen MR) is 101 cm³/mol. The highest BCUT2D eigenvalue weighted by Crippen LogP contribution is 2.17. The number of para-hydroxylation sites is 1. The summed E-state index contributed by atoms with van der Waals surface area (Å²) in [6, 6.07) is 12.4. The number of benzene rings is 2. The van der Waals surface area contributed by atoms with E-state index in [1.807, 2.05) is 6.92 Å². The van der Waals surface area contributed by atoms with Gasteiger partial charge in [0, 0.05) is 5.69 Å². The molecule has 0 saturated carbocycles. The number of anilines is 1. The summed E-state index contributed by atoms with van der Waals surface area (Å²) in [4.78, 5) is 24.3. The molecule has 2 aromatic rings. The van der Waals surface area contributed by atoms with Gasteiger partial charge in [-0.05, 0) is 50.4 Å². The lowest BCUT2D eigenvalue weighted by Crippen LogP contribution is -2.33. The third-order valence-corrected chi connectivity index (χ3v) is 4.99. The molecule has 144 valence electrons. The van der Waals surface area contributed by atoms with E-state index in [1.165, 1.54) is 31.3 Å². The molecule has 0 spiro atoms. The van der Waals surface area contributed by atoms with Crippen LogP contribution < -0.4 is 20.1 Å². The van der Waals surface area contributed by atoms with Crippen LogP contribution in [0.5, 0.6) is 5.75 Å². The van der Waals surface area contributed by atoms with Gasteiger partial charge in [-0.1, -0.05) is 12.1 Å². The Morgan fingerprint density at radius 3 is 2.33 bits per heavy atom. The van der Waals surface area contributed by atoms with Crippen molar-refractivity contribution in [1.29, 1.82) is 0 Å². The molecule has 0 aliphatic rings. The maximum absolute atomic E-state index is 12.2. The summed E-state index contributed by atoms with van der Waals surface area (Å²) in [5, 5.41) is 5.11. The quantitative estimate of drug-likeness (QED) is 0.629. The second kappa shape index (κ2) is 9.15. The highest BCUT2D eigenvalue weighted by atomic mass is 32.2. The smallest absolute Gasteiger partial charge is 0.255 e. The van der Waals surface area contributed by atoms with E-state index in [1.54, 1.807) is 24.3 Å². The van der Waals surface area contributed by atoms with Crippen LogP contribution in [-0.2, 0) is 14.8 Å². The molecule has 9 heteroatoms. The van der Waals surface area contributed by atoms with E-state index in [-0.39, 0.29) is 11.4 Å².